The van der Waals surface area contributed by atoms with E-state index in [-0.39, 0.29) is 31.4 Å². The molecule has 2 atom stereocenters. The van der Waals surface area contributed by atoms with Gasteiger partial charge in [0.25, 0.3) is 0 Å². The highest BCUT2D eigenvalue weighted by Crippen LogP contribution is 2.38. The third-order valence-corrected chi connectivity index (χ3v) is 5.38. The molecule has 158 valence electrons. The molecule has 1 aliphatic heterocycles. The number of carbonyl (C=O) groups is 1. The van der Waals surface area contributed by atoms with Crippen molar-refractivity contribution in [2.24, 2.45) is 5.92 Å². The molecule has 1 aromatic carbocycles. The summed E-state index contributed by atoms with van der Waals surface area (Å²) in [5, 5.41) is 12.4. The molecule has 1 heterocycles. The van der Waals surface area contributed by atoms with Gasteiger partial charge in [-0.15, -0.1) is 24.8 Å². The molecule has 28 heavy (non-hydrogen) atoms. The second-order valence-corrected chi connectivity index (χ2v) is 7.48. The summed E-state index contributed by atoms with van der Waals surface area (Å²) < 4.78 is 5.13. The second kappa shape index (κ2) is 12.5. The zero-order chi connectivity index (χ0) is 18.4. The third-order valence-electron chi connectivity index (χ3n) is 5.38. The van der Waals surface area contributed by atoms with Gasteiger partial charge < -0.3 is 20.1 Å². The van der Waals surface area contributed by atoms with Crippen molar-refractivity contribution >= 4 is 36.9 Å². The van der Waals surface area contributed by atoms with Gasteiger partial charge in [-0.25, -0.2) is 4.79 Å². The number of carboxylic acid groups (broad SMARTS) is 1. The van der Waals surface area contributed by atoms with Crippen LogP contribution in [-0.2, 0) is 9.53 Å². The zero-order valence-electron chi connectivity index (χ0n) is 16.4. The van der Waals surface area contributed by atoms with Crippen molar-refractivity contribution in [3.05, 3.63) is 41.5 Å². The highest BCUT2D eigenvalue weighted by molar-refractivity contribution is 5.85. The maximum atomic E-state index is 10.4. The minimum absolute atomic E-state index is 0. The van der Waals surface area contributed by atoms with Gasteiger partial charge in [0.15, 0.2) is 0 Å². The largest absolute Gasteiger partial charge is 0.480 e. The number of likely N-dealkylation sites (tertiary alicyclic amines) is 1. The molecule has 2 aliphatic rings. The molecule has 1 aromatic rings. The first-order chi connectivity index (χ1) is 12.6. The number of hydrogen-bond acceptors (Lipinski definition) is 4. The quantitative estimate of drug-likeness (QED) is 0.587. The summed E-state index contributed by atoms with van der Waals surface area (Å²) >= 11 is 0. The molecule has 0 bridgehead atoms. The van der Waals surface area contributed by atoms with Gasteiger partial charge in [-0.05, 0) is 50.8 Å². The lowest BCUT2D eigenvalue weighted by Gasteiger charge is -2.32. The van der Waals surface area contributed by atoms with Crippen LogP contribution in [0.4, 0.5) is 0 Å². The number of piperidine rings is 1. The summed E-state index contributed by atoms with van der Waals surface area (Å²) in [5.41, 5.74) is 2.76. The number of benzene rings is 1. The van der Waals surface area contributed by atoms with Gasteiger partial charge in [0.05, 0.1) is 6.61 Å². The minimum Gasteiger partial charge on any atom is -0.480 e. The molecule has 2 N–H and O–H groups in total. The summed E-state index contributed by atoms with van der Waals surface area (Å²) in [7, 11) is 0. The SMILES string of the molecule is C/C(=C\c1ccccc1)[C@@H]1C[C@H]1NC1CCN(CCOCC(=O)O)CC1.Cl.Cl. The molecule has 0 aromatic heterocycles. The maximum absolute atomic E-state index is 10.4. The maximum Gasteiger partial charge on any atom is 0.329 e. The average molecular weight is 431 g/mol. The second-order valence-electron chi connectivity index (χ2n) is 7.48. The Labute approximate surface area is 180 Å². The monoisotopic (exact) mass is 430 g/mol. The zero-order valence-corrected chi connectivity index (χ0v) is 18.0. The normalized spacial score (nSPS) is 22.8. The van der Waals surface area contributed by atoms with Crippen LogP contribution in [0.15, 0.2) is 35.9 Å². The van der Waals surface area contributed by atoms with Crippen LogP contribution >= 0.6 is 24.8 Å². The summed E-state index contributed by atoms with van der Waals surface area (Å²) in [6, 6.07) is 11.8. The van der Waals surface area contributed by atoms with Crippen LogP contribution in [0.2, 0.25) is 0 Å². The fourth-order valence-electron chi connectivity index (χ4n) is 3.78. The number of aliphatic carboxylic acids is 1. The molecule has 5 nitrogen and oxygen atoms in total. The number of ether oxygens (including phenoxy) is 1. The Hall–Kier alpha value is -1.11. The molecule has 1 saturated heterocycles. The Balaban J connectivity index is 0.00000196. The van der Waals surface area contributed by atoms with Gasteiger partial charge in [-0.2, -0.15) is 0 Å². The van der Waals surface area contributed by atoms with E-state index in [4.69, 9.17) is 9.84 Å². The van der Waals surface area contributed by atoms with E-state index in [2.05, 4.69) is 53.5 Å². The predicted octanol–water partition coefficient (Wildman–Crippen LogP) is 3.48. The van der Waals surface area contributed by atoms with Gasteiger partial charge in [-0.1, -0.05) is 42.0 Å². The molecule has 0 spiro atoms. The van der Waals surface area contributed by atoms with Crippen LogP contribution in [0.5, 0.6) is 0 Å². The van der Waals surface area contributed by atoms with E-state index in [1.54, 1.807) is 0 Å². The molecular weight excluding hydrogens is 399 g/mol. The van der Waals surface area contributed by atoms with Gasteiger partial charge >= 0.3 is 5.97 Å². The van der Waals surface area contributed by atoms with Crippen molar-refractivity contribution in [1.29, 1.82) is 0 Å². The van der Waals surface area contributed by atoms with E-state index in [1.807, 2.05) is 0 Å². The number of nitrogens with zero attached hydrogens (tertiary/aromatic N) is 1. The van der Waals surface area contributed by atoms with E-state index < -0.39 is 5.97 Å². The van der Waals surface area contributed by atoms with Gasteiger partial charge in [-0.3, -0.25) is 0 Å². The van der Waals surface area contributed by atoms with Crippen molar-refractivity contribution in [2.45, 2.75) is 38.3 Å². The van der Waals surface area contributed by atoms with Crippen LogP contribution in [0.1, 0.15) is 31.7 Å². The molecule has 0 unspecified atom stereocenters. The lowest BCUT2D eigenvalue weighted by Crippen LogP contribution is -2.44. The van der Waals surface area contributed by atoms with Gasteiger partial charge in [0, 0.05) is 18.6 Å². The standard InChI is InChI=1S/C21H30N2O3.2ClH/c1-16(13-17-5-3-2-4-6-17)19-14-20(19)22-18-7-9-23(10-8-18)11-12-26-15-21(24)25;;/h2-6,13,18-20,22H,7-12,14-15H2,1H3,(H,24,25);2*1H/b16-13+;;/t19-,20+;;/m0../s1. The molecule has 3 rings (SSSR count). The first-order valence-corrected chi connectivity index (χ1v) is 9.63. The van der Waals surface area contributed by atoms with Crippen molar-refractivity contribution in [2.75, 3.05) is 32.8 Å². The smallest absolute Gasteiger partial charge is 0.329 e. The van der Waals surface area contributed by atoms with E-state index >= 15 is 0 Å². The number of carboxylic acids is 1. The number of hydrogen-bond donors (Lipinski definition) is 2. The Kier molecular flexibility index (Phi) is 11.1. The Morgan fingerprint density at radius 1 is 1.25 bits per heavy atom. The highest BCUT2D eigenvalue weighted by Gasteiger charge is 2.39. The Morgan fingerprint density at radius 3 is 2.57 bits per heavy atom. The first kappa shape index (κ1) is 24.9. The molecule has 7 heteroatoms. The molecule has 0 radical (unpaired) electrons. The molecular formula is C21H32Cl2N2O3. The molecule has 2 fully saturated rings. The van der Waals surface area contributed by atoms with Crippen molar-refractivity contribution in [3.63, 3.8) is 0 Å². The lowest BCUT2D eigenvalue weighted by atomic mass is 10.0. The third kappa shape index (κ3) is 8.10. The Morgan fingerprint density at radius 2 is 1.93 bits per heavy atom. The minimum atomic E-state index is -0.900. The lowest BCUT2D eigenvalue weighted by molar-refractivity contribution is -0.142. The molecule has 0 amide bonds. The van der Waals surface area contributed by atoms with Crippen LogP contribution in [0.25, 0.3) is 6.08 Å². The fourth-order valence-corrected chi connectivity index (χ4v) is 3.78. The number of nitrogens with one attached hydrogen (secondary N) is 1. The van der Waals surface area contributed by atoms with Gasteiger partial charge in [0.2, 0.25) is 0 Å². The molecule has 1 saturated carbocycles. The fraction of sp³-hybridized carbons (Fsp3) is 0.571. The molecule has 1 aliphatic carbocycles. The van der Waals surface area contributed by atoms with E-state index in [9.17, 15) is 4.79 Å². The summed E-state index contributed by atoms with van der Waals surface area (Å²) in [4.78, 5) is 12.8. The van der Waals surface area contributed by atoms with E-state index in [0.717, 1.165) is 32.5 Å². The summed E-state index contributed by atoms with van der Waals surface area (Å²) in [6.07, 6.45) is 5.87. The summed E-state index contributed by atoms with van der Waals surface area (Å²) in [6.45, 7) is 5.49. The van der Waals surface area contributed by atoms with Crippen LogP contribution in [0.3, 0.4) is 0 Å². The summed E-state index contributed by atoms with van der Waals surface area (Å²) in [5.74, 6) is -0.221. The predicted molar refractivity (Wildman–Crippen MR) is 118 cm³/mol. The van der Waals surface area contributed by atoms with E-state index in [0.29, 0.717) is 24.6 Å². The van der Waals surface area contributed by atoms with Crippen molar-refractivity contribution < 1.29 is 14.6 Å². The van der Waals surface area contributed by atoms with Crippen molar-refractivity contribution in [3.8, 4) is 0 Å². The topological polar surface area (TPSA) is 61.8 Å². The van der Waals surface area contributed by atoms with Crippen molar-refractivity contribution in [1.82, 2.24) is 10.2 Å². The number of halogens is 2. The highest BCUT2D eigenvalue weighted by atomic mass is 35.5. The average Bonchev–Trinajstić information content (AvgIpc) is 3.40. The number of rotatable bonds is 9. The Bertz CT molecular complexity index is 619. The van der Waals surface area contributed by atoms with Crippen LogP contribution in [-0.4, -0.2) is 60.9 Å². The van der Waals surface area contributed by atoms with Gasteiger partial charge in [0.1, 0.15) is 6.61 Å². The van der Waals surface area contributed by atoms with Crippen LogP contribution < -0.4 is 5.32 Å². The van der Waals surface area contributed by atoms with E-state index in [1.165, 1.54) is 17.6 Å². The van der Waals surface area contributed by atoms with Crippen LogP contribution in [0, 0.1) is 5.92 Å². The first-order valence-electron chi connectivity index (χ1n) is 9.63.